The highest BCUT2D eigenvalue weighted by Gasteiger charge is 2.36. The summed E-state index contributed by atoms with van der Waals surface area (Å²) in [7, 11) is 0. The summed E-state index contributed by atoms with van der Waals surface area (Å²) >= 11 is 0. The number of hydrogen-bond donors (Lipinski definition) is 1. The molecule has 7 nitrogen and oxygen atoms in total. The Morgan fingerprint density at radius 3 is 2.64 bits per heavy atom. The number of hydrogen-bond acceptors (Lipinski definition) is 5. The Labute approximate surface area is 210 Å². The molecule has 2 aromatic rings. The number of hydrazine groups is 1. The molecule has 188 valence electrons. The first-order valence-electron chi connectivity index (χ1n) is 12.5. The van der Waals surface area contributed by atoms with Crippen LogP contribution in [-0.4, -0.2) is 35.6 Å². The first-order valence-corrected chi connectivity index (χ1v) is 12.5. The van der Waals surface area contributed by atoms with Crippen LogP contribution in [0.1, 0.15) is 51.5 Å². The lowest BCUT2D eigenvalue weighted by atomic mass is 9.98. The molecule has 5 rings (SSSR count). The molecule has 2 aliphatic carbocycles. The first-order chi connectivity index (χ1) is 17.3. The van der Waals surface area contributed by atoms with Crippen molar-refractivity contribution >= 4 is 28.9 Å². The lowest BCUT2D eigenvalue weighted by Gasteiger charge is -2.40. The van der Waals surface area contributed by atoms with Crippen LogP contribution in [0, 0.1) is 5.82 Å². The molecule has 1 saturated carbocycles. The van der Waals surface area contributed by atoms with Gasteiger partial charge in [-0.05, 0) is 68.9 Å². The number of rotatable bonds is 4. The number of halogens is 1. The average Bonchev–Trinajstić information content (AvgIpc) is 3.71. The summed E-state index contributed by atoms with van der Waals surface area (Å²) in [6.07, 6.45) is 8.56. The zero-order chi connectivity index (χ0) is 25.4. The van der Waals surface area contributed by atoms with Gasteiger partial charge in [-0.3, -0.25) is 9.69 Å². The van der Waals surface area contributed by atoms with Crippen LogP contribution in [0.15, 0.2) is 60.3 Å². The van der Waals surface area contributed by atoms with Crippen LogP contribution in [0.25, 0.3) is 5.57 Å². The minimum Gasteiger partial charge on any atom is -0.407 e. The molecule has 3 aliphatic rings. The molecule has 1 aliphatic heterocycles. The van der Waals surface area contributed by atoms with Crippen molar-refractivity contribution in [2.45, 2.75) is 58.0 Å². The highest BCUT2D eigenvalue weighted by molar-refractivity contribution is 6.03. The number of nitrogens with two attached hydrogens (primary N) is 1. The Kier molecular flexibility index (Phi) is 6.53. The van der Waals surface area contributed by atoms with Crippen molar-refractivity contribution in [2.24, 2.45) is 5.84 Å². The SMILES string of the molecule is CC(=O)N1c2ccc(C3=C(N(N)C4CC4)CCCC=C3)cc2N(C(=O)Oc2ccccc2F)C[C@@H]1C. The number of fused-ring (bicyclic) bond motifs is 1. The molecule has 2 amide bonds. The van der Waals surface area contributed by atoms with Gasteiger partial charge >= 0.3 is 6.09 Å². The maximum atomic E-state index is 14.2. The molecule has 1 heterocycles. The molecule has 36 heavy (non-hydrogen) atoms. The lowest BCUT2D eigenvalue weighted by molar-refractivity contribution is -0.117. The van der Waals surface area contributed by atoms with Gasteiger partial charge in [0, 0.05) is 30.8 Å². The van der Waals surface area contributed by atoms with Crippen LogP contribution in [0.5, 0.6) is 5.75 Å². The molecule has 2 aromatic carbocycles. The van der Waals surface area contributed by atoms with Crippen LogP contribution in [0.4, 0.5) is 20.6 Å². The number of amides is 2. The summed E-state index contributed by atoms with van der Waals surface area (Å²) in [5.74, 6) is 5.65. The topological polar surface area (TPSA) is 79.1 Å². The Bertz CT molecular complexity index is 1250. The van der Waals surface area contributed by atoms with Crippen LogP contribution in [-0.2, 0) is 4.79 Å². The molecule has 0 bridgehead atoms. The van der Waals surface area contributed by atoms with Gasteiger partial charge in [-0.15, -0.1) is 0 Å². The van der Waals surface area contributed by atoms with Gasteiger partial charge < -0.3 is 14.6 Å². The van der Waals surface area contributed by atoms with Gasteiger partial charge in [0.05, 0.1) is 17.4 Å². The molecule has 0 radical (unpaired) electrons. The third-order valence-corrected chi connectivity index (χ3v) is 6.95. The highest BCUT2D eigenvalue weighted by atomic mass is 19.1. The Morgan fingerprint density at radius 1 is 1.14 bits per heavy atom. The zero-order valence-electron chi connectivity index (χ0n) is 20.6. The zero-order valence-corrected chi connectivity index (χ0v) is 20.6. The van der Waals surface area contributed by atoms with E-state index in [1.807, 2.05) is 30.1 Å². The van der Waals surface area contributed by atoms with Gasteiger partial charge in [0.2, 0.25) is 5.91 Å². The van der Waals surface area contributed by atoms with Gasteiger partial charge in [0.25, 0.3) is 0 Å². The summed E-state index contributed by atoms with van der Waals surface area (Å²) in [6.45, 7) is 3.60. The number of para-hydroxylation sites is 1. The smallest absolute Gasteiger partial charge is 0.407 e. The summed E-state index contributed by atoms with van der Waals surface area (Å²) < 4.78 is 19.7. The van der Waals surface area contributed by atoms with Crippen molar-refractivity contribution in [2.75, 3.05) is 16.3 Å². The maximum absolute atomic E-state index is 14.2. The third-order valence-electron chi connectivity index (χ3n) is 6.95. The fourth-order valence-electron chi connectivity index (χ4n) is 5.05. The number of carbonyl (C=O) groups excluding carboxylic acids is 2. The van der Waals surface area contributed by atoms with Crippen molar-refractivity contribution in [1.82, 2.24) is 5.01 Å². The molecular formula is C28H31FN4O3. The van der Waals surface area contributed by atoms with E-state index in [-0.39, 0.29) is 24.2 Å². The number of allylic oxidation sites excluding steroid dienone is 4. The van der Waals surface area contributed by atoms with E-state index in [1.54, 1.807) is 11.0 Å². The quantitative estimate of drug-likeness (QED) is 0.460. The highest BCUT2D eigenvalue weighted by Crippen LogP contribution is 2.41. The molecule has 8 heteroatoms. The number of benzene rings is 2. The number of anilines is 2. The van der Waals surface area contributed by atoms with Crippen LogP contribution in [0.3, 0.4) is 0 Å². The standard InChI is InChI=1S/C28H31FN4O3/c1-18-17-31(28(35)36-27-11-7-6-9-23(27)29)26-16-20(12-15-25(26)32(18)19(2)34)22-8-4-3-5-10-24(22)33(30)21-13-14-21/h4,6-9,11-12,15-16,18,21H,3,5,10,13-14,17,30H2,1-2H3/t18-/m0/s1. The molecule has 2 N–H and O–H groups in total. The Morgan fingerprint density at radius 2 is 1.92 bits per heavy atom. The second-order valence-corrected chi connectivity index (χ2v) is 9.64. The molecule has 0 unspecified atom stereocenters. The molecule has 1 fully saturated rings. The van der Waals surface area contributed by atoms with Gasteiger partial charge in [-0.25, -0.2) is 15.0 Å². The summed E-state index contributed by atoms with van der Waals surface area (Å²) in [6, 6.07) is 11.6. The van der Waals surface area contributed by atoms with Crippen molar-refractivity contribution in [3.05, 3.63) is 71.7 Å². The molecule has 0 aromatic heterocycles. The van der Waals surface area contributed by atoms with Gasteiger partial charge in [-0.1, -0.05) is 30.4 Å². The second-order valence-electron chi connectivity index (χ2n) is 9.64. The molecule has 1 atom stereocenters. The molecule has 0 spiro atoms. The minimum absolute atomic E-state index is 0.116. The normalized spacial score (nSPS) is 19.6. The fraction of sp³-hybridized carbons (Fsp3) is 0.357. The van der Waals surface area contributed by atoms with E-state index in [0.717, 1.165) is 48.9 Å². The average molecular weight is 491 g/mol. The van der Waals surface area contributed by atoms with Crippen LogP contribution < -0.4 is 20.4 Å². The van der Waals surface area contributed by atoms with E-state index in [4.69, 9.17) is 10.6 Å². The Hall–Kier alpha value is -3.65. The van der Waals surface area contributed by atoms with Crippen LogP contribution in [0.2, 0.25) is 0 Å². The Balaban J connectivity index is 1.58. The van der Waals surface area contributed by atoms with Crippen molar-refractivity contribution in [1.29, 1.82) is 0 Å². The van der Waals surface area contributed by atoms with E-state index in [0.29, 0.717) is 17.4 Å². The number of nitrogens with zero attached hydrogens (tertiary/aromatic N) is 3. The van der Waals surface area contributed by atoms with Gasteiger partial charge in [-0.2, -0.15) is 0 Å². The third kappa shape index (κ3) is 4.60. The largest absolute Gasteiger partial charge is 0.419 e. The second kappa shape index (κ2) is 9.78. The van der Waals surface area contributed by atoms with E-state index < -0.39 is 11.9 Å². The number of carbonyl (C=O) groups is 2. The van der Waals surface area contributed by atoms with E-state index >= 15 is 0 Å². The fourth-order valence-corrected chi connectivity index (χ4v) is 5.05. The maximum Gasteiger partial charge on any atom is 0.419 e. The van der Waals surface area contributed by atoms with E-state index in [9.17, 15) is 14.0 Å². The van der Waals surface area contributed by atoms with Crippen molar-refractivity contribution in [3.8, 4) is 5.75 Å². The van der Waals surface area contributed by atoms with Gasteiger partial charge in [0.15, 0.2) is 11.6 Å². The predicted molar refractivity (Wildman–Crippen MR) is 138 cm³/mol. The summed E-state index contributed by atoms with van der Waals surface area (Å²) in [4.78, 5) is 29.0. The van der Waals surface area contributed by atoms with E-state index in [1.165, 1.54) is 30.0 Å². The summed E-state index contributed by atoms with van der Waals surface area (Å²) in [5.41, 5.74) is 4.16. The minimum atomic E-state index is -0.697. The lowest BCUT2D eigenvalue weighted by Crippen LogP contribution is -2.52. The van der Waals surface area contributed by atoms with Gasteiger partial charge in [0.1, 0.15) is 0 Å². The first kappa shape index (κ1) is 24.1. The molecule has 0 saturated heterocycles. The van der Waals surface area contributed by atoms with E-state index in [2.05, 4.69) is 12.2 Å². The van der Waals surface area contributed by atoms with Crippen molar-refractivity contribution < 1.29 is 18.7 Å². The predicted octanol–water partition coefficient (Wildman–Crippen LogP) is 5.38. The monoisotopic (exact) mass is 490 g/mol. The molecular weight excluding hydrogens is 459 g/mol. The van der Waals surface area contributed by atoms with Crippen LogP contribution >= 0.6 is 0 Å². The summed E-state index contributed by atoms with van der Waals surface area (Å²) in [5, 5.41) is 1.90. The van der Waals surface area contributed by atoms with Crippen molar-refractivity contribution in [3.63, 3.8) is 0 Å². The number of ether oxygens (including phenoxy) is 1.